The van der Waals surface area contributed by atoms with Gasteiger partial charge in [0, 0.05) is 17.9 Å². The molecule has 4 amide bonds. The molecule has 0 radical (unpaired) electrons. The van der Waals surface area contributed by atoms with Gasteiger partial charge in [0.05, 0.1) is 24.9 Å². The molecule has 1 fully saturated rings. The second-order valence-electron chi connectivity index (χ2n) is 14.3. The van der Waals surface area contributed by atoms with Crippen molar-refractivity contribution in [2.45, 2.75) is 80.4 Å². The molecule has 0 aromatic heterocycles. The summed E-state index contributed by atoms with van der Waals surface area (Å²) in [5, 5.41) is 18.8. The van der Waals surface area contributed by atoms with Crippen molar-refractivity contribution in [2.24, 2.45) is 11.7 Å². The van der Waals surface area contributed by atoms with Gasteiger partial charge >= 0.3 is 13.6 Å². The van der Waals surface area contributed by atoms with E-state index in [0.29, 0.717) is 24.0 Å². The Morgan fingerprint density at radius 1 is 0.815 bits per heavy atom. The van der Waals surface area contributed by atoms with Gasteiger partial charge in [-0.3, -0.25) is 28.5 Å². The molecular weight excluding hydrogens is 711 g/mol. The molecule has 14 heteroatoms. The van der Waals surface area contributed by atoms with Gasteiger partial charge in [0.1, 0.15) is 11.6 Å². The van der Waals surface area contributed by atoms with Crippen molar-refractivity contribution in [1.82, 2.24) is 16.0 Å². The number of carboxylic acids is 1. The molecule has 3 atom stereocenters. The van der Waals surface area contributed by atoms with Gasteiger partial charge in [-0.1, -0.05) is 116 Å². The first-order chi connectivity index (χ1) is 25.7. The second-order valence-corrected chi connectivity index (χ2v) is 15.9. The van der Waals surface area contributed by atoms with Gasteiger partial charge in [0.15, 0.2) is 0 Å². The van der Waals surface area contributed by atoms with Crippen molar-refractivity contribution in [1.29, 1.82) is 0 Å². The summed E-state index contributed by atoms with van der Waals surface area (Å²) in [6, 6.07) is 23.9. The number of carbonyl (C=O) groups excluding carboxylic acids is 4. The maximum absolute atomic E-state index is 14.5. The van der Waals surface area contributed by atoms with Crippen molar-refractivity contribution in [3.63, 3.8) is 0 Å². The van der Waals surface area contributed by atoms with Crippen LogP contribution in [-0.4, -0.2) is 62.6 Å². The summed E-state index contributed by atoms with van der Waals surface area (Å²) in [6.07, 6.45) is 4.66. The van der Waals surface area contributed by atoms with Crippen molar-refractivity contribution in [3.8, 4) is 0 Å². The number of allylic oxidation sites excluding steroid dienone is 2. The van der Waals surface area contributed by atoms with Crippen LogP contribution in [0, 0.1) is 5.92 Å². The summed E-state index contributed by atoms with van der Waals surface area (Å²) < 4.78 is 11.7. The van der Waals surface area contributed by atoms with E-state index in [2.05, 4.69) is 16.0 Å². The molecule has 13 nitrogen and oxygen atoms in total. The highest BCUT2D eigenvalue weighted by molar-refractivity contribution is 7.50. The van der Waals surface area contributed by atoms with Crippen LogP contribution < -0.4 is 21.7 Å². The fraction of sp³-hybridized carbons (Fsp3) is 0.375. The van der Waals surface area contributed by atoms with Crippen LogP contribution in [0.3, 0.4) is 0 Å². The smallest absolute Gasteiger partial charge is 0.329 e. The standard InChI is InChI=1S/C40H47N4O9P/c41-34(45)24-33-37(49)42-26-39(29-11-4-1-5-12-29,30-13-6-2-7-14-30)20-10-15-31(28-18-16-27(17-19-28)25-54(51,52)53)32(23-35(46)47)36(48)44-40(38(50)43-33)21-8-3-9-22-40/h1-2,4-7,10-19,31-33H,3,8-9,20-26H2,(H2,41,45)(H,42,49)(H,43,50)(H,44,48)(H,46,47)(H2,51,52,53)/b15-10+/t31-,32+,33+/m1/s1. The molecule has 0 bridgehead atoms. The lowest BCUT2D eigenvalue weighted by molar-refractivity contribution is -0.143. The highest BCUT2D eigenvalue weighted by Gasteiger charge is 2.45. The lowest BCUT2D eigenvalue weighted by atomic mass is 9.71. The Morgan fingerprint density at radius 2 is 1.41 bits per heavy atom. The van der Waals surface area contributed by atoms with Crippen molar-refractivity contribution in [2.75, 3.05) is 6.54 Å². The Hall–Kier alpha value is -5.10. The Bertz CT molecular complexity index is 1850. The van der Waals surface area contributed by atoms with Crippen LogP contribution in [0.4, 0.5) is 0 Å². The molecule has 54 heavy (non-hydrogen) atoms. The van der Waals surface area contributed by atoms with E-state index in [4.69, 9.17) is 5.73 Å². The number of carbonyl (C=O) groups is 5. The summed E-state index contributed by atoms with van der Waals surface area (Å²) in [7, 11) is -4.38. The van der Waals surface area contributed by atoms with Gasteiger partial charge in [-0.15, -0.1) is 0 Å². The Labute approximate surface area is 314 Å². The van der Waals surface area contributed by atoms with Gasteiger partial charge in [0.25, 0.3) is 0 Å². The molecule has 286 valence electrons. The minimum absolute atomic E-state index is 0.0257. The van der Waals surface area contributed by atoms with Gasteiger partial charge in [0.2, 0.25) is 23.6 Å². The number of aliphatic carboxylic acids is 1. The van der Waals surface area contributed by atoms with Crippen LogP contribution in [0.15, 0.2) is 97.1 Å². The quantitative estimate of drug-likeness (QED) is 0.124. The van der Waals surface area contributed by atoms with Crippen LogP contribution in [0.1, 0.15) is 79.5 Å². The van der Waals surface area contributed by atoms with Crippen molar-refractivity contribution < 1.29 is 43.4 Å². The van der Waals surface area contributed by atoms with Crippen LogP contribution in [-0.2, 0) is 40.1 Å². The van der Waals surface area contributed by atoms with E-state index in [1.54, 1.807) is 18.2 Å². The van der Waals surface area contributed by atoms with E-state index in [9.17, 15) is 43.4 Å². The van der Waals surface area contributed by atoms with Crippen molar-refractivity contribution in [3.05, 3.63) is 119 Å². The first-order valence-corrected chi connectivity index (χ1v) is 19.8. The average Bonchev–Trinajstić information content (AvgIpc) is 3.14. The van der Waals surface area contributed by atoms with E-state index in [1.807, 2.05) is 66.7 Å². The molecule has 2 aliphatic rings. The predicted octanol–water partition coefficient (Wildman–Crippen LogP) is 3.78. The van der Waals surface area contributed by atoms with Gasteiger partial charge < -0.3 is 36.6 Å². The Morgan fingerprint density at radius 3 is 1.94 bits per heavy atom. The van der Waals surface area contributed by atoms with E-state index < -0.39 is 85.0 Å². The first kappa shape index (κ1) is 40.1. The summed E-state index contributed by atoms with van der Waals surface area (Å²) >= 11 is 0. The van der Waals surface area contributed by atoms with Gasteiger partial charge in [-0.2, -0.15) is 0 Å². The molecular formula is C40H47N4O9P. The van der Waals surface area contributed by atoms with Gasteiger partial charge in [-0.25, -0.2) is 0 Å². The third-order valence-corrected chi connectivity index (χ3v) is 11.3. The number of nitrogens with one attached hydrogen (secondary N) is 3. The lowest BCUT2D eigenvalue weighted by Gasteiger charge is -2.39. The maximum Gasteiger partial charge on any atom is 0.329 e. The molecule has 5 rings (SSSR count). The monoisotopic (exact) mass is 758 g/mol. The third kappa shape index (κ3) is 9.90. The largest absolute Gasteiger partial charge is 0.481 e. The van der Waals surface area contributed by atoms with Crippen LogP contribution in [0.2, 0.25) is 0 Å². The highest BCUT2D eigenvalue weighted by atomic mass is 31.2. The van der Waals surface area contributed by atoms with E-state index >= 15 is 0 Å². The molecule has 0 saturated heterocycles. The Balaban J connectivity index is 1.70. The number of amides is 4. The number of hydrogen-bond acceptors (Lipinski definition) is 6. The SMILES string of the molecule is NC(=O)C[C@@H]1NC(=O)C2(CCCCC2)NC(=O)[C@@H](CC(=O)O)[C@@H](c2ccc(CP(=O)(O)O)cc2)/C=C/CC(c2ccccc2)(c2ccccc2)CNC1=O. The molecule has 1 spiro atoms. The predicted molar refractivity (Wildman–Crippen MR) is 201 cm³/mol. The maximum atomic E-state index is 14.5. The molecule has 8 N–H and O–H groups in total. The molecule has 1 aliphatic heterocycles. The van der Waals surface area contributed by atoms with E-state index in [-0.39, 0.29) is 25.8 Å². The molecule has 1 saturated carbocycles. The molecule has 3 aromatic rings. The van der Waals surface area contributed by atoms with Crippen LogP contribution in [0.25, 0.3) is 0 Å². The summed E-state index contributed by atoms with van der Waals surface area (Å²) in [5.74, 6) is -6.14. The minimum atomic E-state index is -4.38. The summed E-state index contributed by atoms with van der Waals surface area (Å²) in [5.41, 5.74) is 5.69. The van der Waals surface area contributed by atoms with Crippen LogP contribution in [0.5, 0.6) is 0 Å². The number of nitrogens with two attached hydrogens (primary N) is 1. The second kappa shape index (κ2) is 17.4. The molecule has 1 aliphatic carbocycles. The Kier molecular flexibility index (Phi) is 12.9. The topological polar surface area (TPSA) is 225 Å². The van der Waals surface area contributed by atoms with E-state index in [0.717, 1.165) is 17.5 Å². The zero-order chi connectivity index (χ0) is 38.9. The average molecular weight is 759 g/mol. The number of benzene rings is 3. The van der Waals surface area contributed by atoms with Gasteiger partial charge in [-0.05, 0) is 41.5 Å². The summed E-state index contributed by atoms with van der Waals surface area (Å²) in [4.78, 5) is 86.6. The molecule has 3 aromatic carbocycles. The zero-order valence-electron chi connectivity index (χ0n) is 29.9. The minimum Gasteiger partial charge on any atom is -0.481 e. The number of hydrogen-bond donors (Lipinski definition) is 7. The summed E-state index contributed by atoms with van der Waals surface area (Å²) in [6.45, 7) is 0.0257. The number of rotatable bonds is 9. The fourth-order valence-electron chi connectivity index (χ4n) is 7.70. The zero-order valence-corrected chi connectivity index (χ0v) is 30.8. The number of primary amides is 1. The van der Waals surface area contributed by atoms with E-state index in [1.165, 1.54) is 12.1 Å². The molecule has 0 unspecified atom stereocenters. The van der Waals surface area contributed by atoms with Crippen LogP contribution >= 0.6 is 7.60 Å². The third-order valence-electron chi connectivity index (χ3n) is 10.5. The fourth-order valence-corrected chi connectivity index (χ4v) is 8.39. The lowest BCUT2D eigenvalue weighted by Crippen LogP contribution is -2.64. The number of carboxylic acid groups (broad SMARTS) is 1. The highest BCUT2D eigenvalue weighted by Crippen LogP contribution is 2.41. The van der Waals surface area contributed by atoms with Crippen molar-refractivity contribution >= 4 is 37.2 Å². The molecule has 1 heterocycles. The first-order valence-electron chi connectivity index (χ1n) is 18.0. The normalized spacial score (nSPS) is 22.8.